The summed E-state index contributed by atoms with van der Waals surface area (Å²) in [6.07, 6.45) is 0.308. The molecule has 2 aromatic carbocycles. The molecule has 0 fully saturated rings. The highest BCUT2D eigenvalue weighted by molar-refractivity contribution is 5.97. The summed E-state index contributed by atoms with van der Waals surface area (Å²) in [7, 11) is 3.23. The molecule has 0 aliphatic carbocycles. The van der Waals surface area contributed by atoms with Gasteiger partial charge in [-0.05, 0) is 24.1 Å². The number of carbonyl (C=O) groups is 3. The van der Waals surface area contributed by atoms with Crippen LogP contribution >= 0.6 is 0 Å². The van der Waals surface area contributed by atoms with Crippen LogP contribution in [0.4, 0.5) is 0 Å². The van der Waals surface area contributed by atoms with E-state index >= 15 is 0 Å². The van der Waals surface area contributed by atoms with E-state index in [1.807, 2.05) is 6.07 Å². The predicted molar refractivity (Wildman–Crippen MR) is 109 cm³/mol. The van der Waals surface area contributed by atoms with Crippen LogP contribution < -0.4 is 10.1 Å². The lowest BCUT2D eigenvalue weighted by Crippen LogP contribution is -2.46. The quantitative estimate of drug-likeness (QED) is 0.676. The molecule has 0 aliphatic rings. The fourth-order valence-electron chi connectivity index (χ4n) is 2.91. The SMILES string of the molecule is CCC(CNC(=O)c1ccccc1OCC(=O)N(C)C)(C(=O)O)c1ccccc1. The van der Waals surface area contributed by atoms with Gasteiger partial charge in [0.1, 0.15) is 11.2 Å². The third-order valence-corrected chi connectivity index (χ3v) is 4.87. The van der Waals surface area contributed by atoms with Crippen LogP contribution in [0.15, 0.2) is 54.6 Å². The minimum Gasteiger partial charge on any atom is -0.483 e. The average molecular weight is 398 g/mol. The Morgan fingerprint density at radius 3 is 2.24 bits per heavy atom. The number of benzene rings is 2. The number of carbonyl (C=O) groups excluding carboxylic acids is 2. The Kier molecular flexibility index (Phi) is 7.36. The summed E-state index contributed by atoms with van der Waals surface area (Å²) in [5.41, 5.74) is -0.382. The molecule has 0 spiro atoms. The molecule has 0 bridgehead atoms. The first kappa shape index (κ1) is 21.9. The van der Waals surface area contributed by atoms with Crippen LogP contribution in [0.1, 0.15) is 29.3 Å². The summed E-state index contributed by atoms with van der Waals surface area (Å²) in [6, 6.07) is 15.4. The summed E-state index contributed by atoms with van der Waals surface area (Å²) in [6.45, 7) is 1.50. The zero-order valence-corrected chi connectivity index (χ0v) is 16.8. The number of ether oxygens (including phenoxy) is 1. The molecule has 0 heterocycles. The zero-order valence-electron chi connectivity index (χ0n) is 16.8. The van der Waals surface area contributed by atoms with E-state index in [4.69, 9.17) is 4.74 Å². The second-order valence-electron chi connectivity index (χ2n) is 6.86. The number of nitrogens with one attached hydrogen (secondary N) is 1. The topological polar surface area (TPSA) is 95.9 Å². The van der Waals surface area contributed by atoms with Crippen LogP contribution in [0.3, 0.4) is 0 Å². The monoisotopic (exact) mass is 398 g/mol. The van der Waals surface area contributed by atoms with Crippen LogP contribution in [0.5, 0.6) is 5.75 Å². The summed E-state index contributed by atoms with van der Waals surface area (Å²) < 4.78 is 5.50. The maximum Gasteiger partial charge on any atom is 0.315 e. The zero-order chi connectivity index (χ0) is 21.4. The average Bonchev–Trinajstić information content (AvgIpc) is 2.73. The van der Waals surface area contributed by atoms with Gasteiger partial charge < -0.3 is 20.1 Å². The number of hydrogen-bond donors (Lipinski definition) is 2. The lowest BCUT2D eigenvalue weighted by molar-refractivity contribution is -0.143. The fraction of sp³-hybridized carbons (Fsp3) is 0.318. The van der Waals surface area contributed by atoms with Gasteiger partial charge in [0.2, 0.25) is 0 Å². The molecule has 7 heteroatoms. The second-order valence-corrected chi connectivity index (χ2v) is 6.86. The van der Waals surface area contributed by atoms with Crippen molar-refractivity contribution in [2.24, 2.45) is 0 Å². The molecule has 0 saturated carbocycles. The summed E-state index contributed by atoms with van der Waals surface area (Å²) in [5, 5.41) is 12.6. The molecule has 1 unspecified atom stereocenters. The highest BCUT2D eigenvalue weighted by Crippen LogP contribution is 2.28. The molecule has 0 aliphatic heterocycles. The van der Waals surface area contributed by atoms with E-state index in [1.54, 1.807) is 69.6 Å². The van der Waals surface area contributed by atoms with Crippen LogP contribution in [0.2, 0.25) is 0 Å². The first-order valence-corrected chi connectivity index (χ1v) is 9.31. The third kappa shape index (κ3) is 5.13. The van der Waals surface area contributed by atoms with Gasteiger partial charge in [-0.25, -0.2) is 0 Å². The van der Waals surface area contributed by atoms with E-state index in [9.17, 15) is 19.5 Å². The molecule has 1 atom stereocenters. The predicted octanol–water partition coefficient (Wildman–Crippen LogP) is 2.32. The number of para-hydroxylation sites is 1. The van der Waals surface area contributed by atoms with Gasteiger partial charge in [0.15, 0.2) is 6.61 Å². The molecule has 2 N–H and O–H groups in total. The largest absolute Gasteiger partial charge is 0.483 e. The number of likely N-dealkylation sites (N-methyl/N-ethyl adjacent to an activating group) is 1. The van der Waals surface area contributed by atoms with Gasteiger partial charge in [-0.3, -0.25) is 14.4 Å². The Labute approximate surface area is 170 Å². The summed E-state index contributed by atoms with van der Waals surface area (Å²) >= 11 is 0. The standard InChI is InChI=1S/C22H26N2O5/c1-4-22(21(27)28,16-10-6-5-7-11-16)15-23-20(26)17-12-8-9-13-18(17)29-14-19(25)24(2)3/h5-13H,4,14-15H2,1-3H3,(H,23,26)(H,27,28). The fourth-order valence-corrected chi connectivity index (χ4v) is 2.91. The number of amides is 2. The van der Waals surface area contributed by atoms with Crippen LogP contribution in [0, 0.1) is 0 Å². The van der Waals surface area contributed by atoms with Gasteiger partial charge in [-0.15, -0.1) is 0 Å². The van der Waals surface area contributed by atoms with Gasteiger partial charge in [0.25, 0.3) is 11.8 Å². The molecule has 0 aromatic heterocycles. The number of carboxylic acid groups (broad SMARTS) is 1. The third-order valence-electron chi connectivity index (χ3n) is 4.87. The van der Waals surface area contributed by atoms with E-state index in [0.29, 0.717) is 12.0 Å². The van der Waals surface area contributed by atoms with Gasteiger partial charge >= 0.3 is 5.97 Å². The van der Waals surface area contributed by atoms with Crippen LogP contribution in [-0.2, 0) is 15.0 Å². The van der Waals surface area contributed by atoms with Crippen molar-refractivity contribution in [1.82, 2.24) is 10.2 Å². The van der Waals surface area contributed by atoms with E-state index < -0.39 is 17.3 Å². The Morgan fingerprint density at radius 2 is 1.66 bits per heavy atom. The number of carboxylic acids is 1. The maximum atomic E-state index is 12.8. The van der Waals surface area contributed by atoms with Gasteiger partial charge in [0.05, 0.1) is 5.56 Å². The van der Waals surface area contributed by atoms with Crippen LogP contribution in [-0.4, -0.2) is 55.0 Å². The molecule has 0 radical (unpaired) electrons. The minimum absolute atomic E-state index is 0.0767. The minimum atomic E-state index is -1.24. The number of rotatable bonds is 9. The highest BCUT2D eigenvalue weighted by atomic mass is 16.5. The Balaban J connectivity index is 2.19. The number of aliphatic carboxylic acids is 1. The molecule has 0 saturated heterocycles. The van der Waals surface area contributed by atoms with Crippen molar-refractivity contribution in [1.29, 1.82) is 0 Å². The molecule has 7 nitrogen and oxygen atoms in total. The van der Waals surface area contributed by atoms with E-state index in [0.717, 1.165) is 0 Å². The Hall–Kier alpha value is -3.35. The first-order valence-electron chi connectivity index (χ1n) is 9.31. The Bertz CT molecular complexity index is 867. The summed E-state index contributed by atoms with van der Waals surface area (Å²) in [5.74, 6) is -1.45. The molecular formula is C22H26N2O5. The first-order chi connectivity index (χ1) is 13.8. The van der Waals surface area contributed by atoms with Gasteiger partial charge in [-0.1, -0.05) is 49.4 Å². The van der Waals surface area contributed by atoms with Crippen molar-refractivity contribution < 1.29 is 24.2 Å². The van der Waals surface area contributed by atoms with Crippen molar-refractivity contribution in [3.63, 3.8) is 0 Å². The van der Waals surface area contributed by atoms with Crippen molar-refractivity contribution in [2.75, 3.05) is 27.2 Å². The second kappa shape index (κ2) is 9.73. The molecule has 154 valence electrons. The lowest BCUT2D eigenvalue weighted by atomic mass is 9.78. The lowest BCUT2D eigenvalue weighted by Gasteiger charge is -2.29. The molecule has 2 aromatic rings. The normalized spacial score (nSPS) is 12.5. The van der Waals surface area contributed by atoms with Crippen molar-refractivity contribution in [2.45, 2.75) is 18.8 Å². The summed E-state index contributed by atoms with van der Waals surface area (Å²) in [4.78, 5) is 38.0. The van der Waals surface area contributed by atoms with Crippen LogP contribution in [0.25, 0.3) is 0 Å². The molecular weight excluding hydrogens is 372 g/mol. The van der Waals surface area contributed by atoms with E-state index in [-0.39, 0.29) is 30.4 Å². The highest BCUT2D eigenvalue weighted by Gasteiger charge is 2.39. The maximum absolute atomic E-state index is 12.8. The van der Waals surface area contributed by atoms with Gasteiger partial charge in [-0.2, -0.15) is 0 Å². The van der Waals surface area contributed by atoms with Crippen molar-refractivity contribution in [3.8, 4) is 5.75 Å². The molecule has 2 rings (SSSR count). The van der Waals surface area contributed by atoms with Gasteiger partial charge in [0, 0.05) is 20.6 Å². The van der Waals surface area contributed by atoms with E-state index in [2.05, 4.69) is 5.32 Å². The Morgan fingerprint density at radius 1 is 1.03 bits per heavy atom. The van der Waals surface area contributed by atoms with Crippen molar-refractivity contribution in [3.05, 3.63) is 65.7 Å². The van der Waals surface area contributed by atoms with E-state index in [1.165, 1.54) is 4.90 Å². The number of nitrogens with zero attached hydrogens (tertiary/aromatic N) is 1. The molecule has 2 amide bonds. The number of hydrogen-bond acceptors (Lipinski definition) is 4. The molecule has 29 heavy (non-hydrogen) atoms. The smallest absolute Gasteiger partial charge is 0.315 e. The van der Waals surface area contributed by atoms with Crippen molar-refractivity contribution >= 4 is 17.8 Å².